The number of carbonyl (C=O) groups is 1. The summed E-state index contributed by atoms with van der Waals surface area (Å²) < 4.78 is 27.7. The summed E-state index contributed by atoms with van der Waals surface area (Å²) in [5.74, 6) is -0.690. The van der Waals surface area contributed by atoms with Crippen LogP contribution >= 0.6 is 11.6 Å². The highest BCUT2D eigenvalue weighted by atomic mass is 35.5. The van der Waals surface area contributed by atoms with Gasteiger partial charge in [-0.1, -0.05) is 65.7 Å². The third-order valence-electron chi connectivity index (χ3n) is 5.28. The van der Waals surface area contributed by atoms with Gasteiger partial charge in [0.15, 0.2) is 0 Å². The van der Waals surface area contributed by atoms with Crippen LogP contribution in [0.15, 0.2) is 77.7 Å². The first-order valence-corrected chi connectivity index (χ1v) is 11.1. The van der Waals surface area contributed by atoms with E-state index in [1.54, 1.807) is 36.4 Å². The van der Waals surface area contributed by atoms with Crippen molar-refractivity contribution in [3.8, 4) is 0 Å². The highest BCUT2D eigenvalue weighted by Crippen LogP contribution is 2.34. The topological polar surface area (TPSA) is 54.5 Å². The standard InChI is InChI=1S/C23H20ClNO3S/c1-16-6-12-20(13-7-16)29(27,28)25-15-22(17-8-10-19(24)11-9-17)21-5-3-2-4-18(21)14-23(25)26/h2-13,22H,14-15H2,1H3. The van der Waals surface area contributed by atoms with Gasteiger partial charge in [0.05, 0.1) is 11.3 Å². The van der Waals surface area contributed by atoms with Crippen molar-refractivity contribution in [2.24, 2.45) is 0 Å². The summed E-state index contributed by atoms with van der Waals surface area (Å²) in [5, 5.41) is 0.607. The van der Waals surface area contributed by atoms with Crippen molar-refractivity contribution in [1.29, 1.82) is 0 Å². The molecule has 1 amide bonds. The van der Waals surface area contributed by atoms with Gasteiger partial charge in [0, 0.05) is 17.5 Å². The summed E-state index contributed by atoms with van der Waals surface area (Å²) in [4.78, 5) is 13.1. The van der Waals surface area contributed by atoms with Crippen LogP contribution in [0.2, 0.25) is 5.02 Å². The van der Waals surface area contributed by atoms with E-state index in [1.807, 2.05) is 43.3 Å². The molecule has 0 radical (unpaired) electrons. The lowest BCUT2D eigenvalue weighted by Gasteiger charge is -2.25. The predicted molar refractivity (Wildman–Crippen MR) is 114 cm³/mol. The third kappa shape index (κ3) is 3.80. The second-order valence-corrected chi connectivity index (χ2v) is 9.52. The van der Waals surface area contributed by atoms with Crippen molar-refractivity contribution in [3.05, 3.63) is 100 Å². The van der Waals surface area contributed by atoms with E-state index >= 15 is 0 Å². The monoisotopic (exact) mass is 425 g/mol. The summed E-state index contributed by atoms with van der Waals surface area (Å²) in [7, 11) is -3.96. The zero-order valence-electron chi connectivity index (χ0n) is 15.9. The lowest BCUT2D eigenvalue weighted by atomic mass is 9.88. The van der Waals surface area contributed by atoms with E-state index in [9.17, 15) is 13.2 Å². The van der Waals surface area contributed by atoms with Crippen LogP contribution in [-0.4, -0.2) is 25.2 Å². The second-order valence-electron chi connectivity index (χ2n) is 7.22. The van der Waals surface area contributed by atoms with Crippen LogP contribution in [0, 0.1) is 6.92 Å². The molecule has 148 valence electrons. The highest BCUT2D eigenvalue weighted by Gasteiger charge is 2.36. The molecule has 0 saturated heterocycles. The molecule has 1 unspecified atom stereocenters. The molecule has 1 heterocycles. The Kier molecular flexibility index (Phi) is 5.19. The number of benzene rings is 3. The fraction of sp³-hybridized carbons (Fsp3) is 0.174. The molecule has 0 bridgehead atoms. The van der Waals surface area contributed by atoms with Crippen LogP contribution in [-0.2, 0) is 21.2 Å². The third-order valence-corrected chi connectivity index (χ3v) is 7.33. The molecular weight excluding hydrogens is 406 g/mol. The number of nitrogens with zero attached hydrogens (tertiary/aromatic N) is 1. The fourth-order valence-corrected chi connectivity index (χ4v) is 5.24. The molecule has 29 heavy (non-hydrogen) atoms. The molecule has 0 N–H and O–H groups in total. The largest absolute Gasteiger partial charge is 0.273 e. The Morgan fingerprint density at radius 3 is 2.28 bits per heavy atom. The molecule has 0 saturated carbocycles. The molecule has 0 spiro atoms. The van der Waals surface area contributed by atoms with Crippen LogP contribution in [0.4, 0.5) is 0 Å². The molecule has 0 fully saturated rings. The quantitative estimate of drug-likeness (QED) is 0.618. The molecule has 1 atom stereocenters. The molecule has 3 aromatic carbocycles. The maximum Gasteiger partial charge on any atom is 0.266 e. The average molecular weight is 426 g/mol. The summed E-state index contributed by atoms with van der Waals surface area (Å²) in [6, 6.07) is 21.5. The summed E-state index contributed by atoms with van der Waals surface area (Å²) >= 11 is 6.04. The Morgan fingerprint density at radius 2 is 1.59 bits per heavy atom. The van der Waals surface area contributed by atoms with Crippen LogP contribution in [0.3, 0.4) is 0 Å². The molecule has 4 rings (SSSR count). The number of fused-ring (bicyclic) bond motifs is 1. The Balaban J connectivity index is 1.82. The Labute approximate surface area is 175 Å². The van der Waals surface area contributed by atoms with Crippen LogP contribution < -0.4 is 0 Å². The van der Waals surface area contributed by atoms with Crippen molar-refractivity contribution >= 4 is 27.5 Å². The minimum Gasteiger partial charge on any atom is -0.273 e. The molecule has 0 aromatic heterocycles. The fourth-order valence-electron chi connectivity index (χ4n) is 3.70. The number of rotatable bonds is 3. The van der Waals surface area contributed by atoms with Gasteiger partial charge in [0.2, 0.25) is 5.91 Å². The lowest BCUT2D eigenvalue weighted by molar-refractivity contribution is -0.125. The Morgan fingerprint density at radius 1 is 0.931 bits per heavy atom. The minimum atomic E-state index is -3.96. The van der Waals surface area contributed by atoms with Crippen molar-refractivity contribution in [2.45, 2.75) is 24.2 Å². The van der Waals surface area contributed by atoms with Crippen LogP contribution in [0.1, 0.15) is 28.2 Å². The van der Waals surface area contributed by atoms with E-state index in [-0.39, 0.29) is 23.8 Å². The van der Waals surface area contributed by atoms with Gasteiger partial charge in [-0.25, -0.2) is 12.7 Å². The zero-order valence-corrected chi connectivity index (χ0v) is 17.5. The maximum absolute atomic E-state index is 13.3. The second kappa shape index (κ2) is 7.65. The molecule has 1 aliphatic heterocycles. The van der Waals surface area contributed by atoms with E-state index in [2.05, 4.69) is 0 Å². The van der Waals surface area contributed by atoms with E-state index in [4.69, 9.17) is 11.6 Å². The highest BCUT2D eigenvalue weighted by molar-refractivity contribution is 7.89. The van der Waals surface area contributed by atoms with Crippen molar-refractivity contribution in [2.75, 3.05) is 6.54 Å². The normalized spacial score (nSPS) is 17.0. The first kappa shape index (κ1) is 19.7. The lowest BCUT2D eigenvalue weighted by Crippen LogP contribution is -2.39. The average Bonchev–Trinajstić information content (AvgIpc) is 2.85. The number of sulfonamides is 1. The number of aryl methyl sites for hydroxylation is 1. The van der Waals surface area contributed by atoms with Gasteiger partial charge in [-0.05, 0) is 47.9 Å². The van der Waals surface area contributed by atoms with E-state index in [0.717, 1.165) is 26.6 Å². The molecular formula is C23H20ClNO3S. The zero-order chi connectivity index (χ0) is 20.6. The number of hydrogen-bond donors (Lipinski definition) is 0. The van der Waals surface area contributed by atoms with Crippen LogP contribution in [0.25, 0.3) is 0 Å². The first-order valence-electron chi connectivity index (χ1n) is 9.32. The van der Waals surface area contributed by atoms with Crippen molar-refractivity contribution in [3.63, 3.8) is 0 Å². The minimum absolute atomic E-state index is 0.0470. The molecule has 4 nitrogen and oxygen atoms in total. The SMILES string of the molecule is Cc1ccc(S(=O)(=O)N2CC(c3ccc(Cl)cc3)c3ccccc3CC2=O)cc1. The number of halogens is 1. The van der Waals surface area contributed by atoms with Gasteiger partial charge in [-0.3, -0.25) is 4.79 Å². The summed E-state index contributed by atoms with van der Waals surface area (Å²) in [5.41, 5.74) is 3.68. The van der Waals surface area contributed by atoms with Gasteiger partial charge in [-0.15, -0.1) is 0 Å². The molecule has 3 aromatic rings. The Hall–Kier alpha value is -2.63. The van der Waals surface area contributed by atoms with Gasteiger partial charge >= 0.3 is 0 Å². The Bertz CT molecular complexity index is 1160. The van der Waals surface area contributed by atoms with Crippen molar-refractivity contribution in [1.82, 2.24) is 4.31 Å². The smallest absolute Gasteiger partial charge is 0.266 e. The maximum atomic E-state index is 13.3. The van der Waals surface area contributed by atoms with Gasteiger partial charge in [-0.2, -0.15) is 0 Å². The van der Waals surface area contributed by atoms with Crippen LogP contribution in [0.5, 0.6) is 0 Å². The van der Waals surface area contributed by atoms with E-state index < -0.39 is 15.9 Å². The van der Waals surface area contributed by atoms with Gasteiger partial charge < -0.3 is 0 Å². The summed E-state index contributed by atoms with van der Waals surface area (Å²) in [6.45, 7) is 1.94. The molecule has 1 aliphatic rings. The predicted octanol–water partition coefficient (Wildman–Crippen LogP) is 4.55. The molecule has 0 aliphatic carbocycles. The van der Waals surface area contributed by atoms with Crippen molar-refractivity contribution < 1.29 is 13.2 Å². The van der Waals surface area contributed by atoms with E-state index in [0.29, 0.717) is 5.02 Å². The van der Waals surface area contributed by atoms with Gasteiger partial charge in [0.1, 0.15) is 0 Å². The number of hydrogen-bond acceptors (Lipinski definition) is 3. The van der Waals surface area contributed by atoms with E-state index in [1.165, 1.54) is 0 Å². The first-order chi connectivity index (χ1) is 13.9. The summed E-state index contributed by atoms with van der Waals surface area (Å²) in [6.07, 6.45) is 0.0470. The number of carbonyl (C=O) groups excluding carboxylic acids is 1. The number of amides is 1. The molecule has 6 heteroatoms. The van der Waals surface area contributed by atoms with Gasteiger partial charge in [0.25, 0.3) is 10.0 Å².